The van der Waals surface area contributed by atoms with E-state index in [4.69, 9.17) is 4.74 Å². The Morgan fingerprint density at radius 2 is 1.62 bits per heavy atom. The normalized spacial score (nSPS) is 11.1. The molecule has 7 aromatic rings. The molecule has 0 aliphatic carbocycles. The fraction of sp³-hybridized carbons (Fsp3) is 0.0303. The molecule has 0 radical (unpaired) electrons. The van der Waals surface area contributed by atoms with Crippen LogP contribution in [0, 0.1) is 13.0 Å². The van der Waals surface area contributed by atoms with Gasteiger partial charge in [0.05, 0.1) is 0 Å². The van der Waals surface area contributed by atoms with Gasteiger partial charge < -0.3 is 14.4 Å². The zero-order valence-corrected chi connectivity index (χ0v) is 22.5. The quantitative estimate of drug-likeness (QED) is 0.165. The van der Waals surface area contributed by atoms with Crippen LogP contribution in [0.2, 0.25) is 0 Å². The largest absolute Gasteiger partial charge is 0.505 e. The van der Waals surface area contributed by atoms with Gasteiger partial charge in [0.25, 0.3) is 0 Å². The fourth-order valence-electron chi connectivity index (χ4n) is 4.99. The summed E-state index contributed by atoms with van der Waals surface area (Å²) >= 11 is 0. The molecule has 0 saturated heterocycles. The summed E-state index contributed by atoms with van der Waals surface area (Å²) in [5.74, 6) is 1.86. The van der Waals surface area contributed by atoms with Crippen LogP contribution in [0.25, 0.3) is 49.7 Å². The van der Waals surface area contributed by atoms with E-state index in [1.807, 2.05) is 85.1 Å². The SMILES string of the molecule is Cc1ccnc(-n2c3[c-]c(Oc4ccc5ccc(-c6ccccc6)c(O)c5n4)ccc3c3ccccc32)c1.[Pd]. The third-order valence-corrected chi connectivity index (χ3v) is 6.80. The topological polar surface area (TPSA) is 60.2 Å². The minimum absolute atomic E-state index is 0. The van der Waals surface area contributed by atoms with Crippen molar-refractivity contribution in [1.82, 2.24) is 14.5 Å². The van der Waals surface area contributed by atoms with E-state index < -0.39 is 0 Å². The van der Waals surface area contributed by atoms with E-state index in [1.165, 1.54) is 0 Å². The van der Waals surface area contributed by atoms with Crippen molar-refractivity contribution in [2.45, 2.75) is 6.92 Å². The number of aromatic hydroxyl groups is 1. The summed E-state index contributed by atoms with van der Waals surface area (Å²) in [6.45, 7) is 2.06. The van der Waals surface area contributed by atoms with E-state index in [1.54, 1.807) is 6.07 Å². The molecule has 0 saturated carbocycles. The van der Waals surface area contributed by atoms with Gasteiger partial charge in [-0.15, -0.1) is 17.5 Å². The summed E-state index contributed by atoms with van der Waals surface area (Å²) in [7, 11) is 0. The van der Waals surface area contributed by atoms with E-state index in [9.17, 15) is 5.11 Å². The van der Waals surface area contributed by atoms with Crippen molar-refractivity contribution >= 4 is 32.7 Å². The Morgan fingerprint density at radius 1 is 0.821 bits per heavy atom. The van der Waals surface area contributed by atoms with Crippen LogP contribution in [0.15, 0.2) is 109 Å². The molecule has 5 nitrogen and oxygen atoms in total. The zero-order valence-electron chi connectivity index (χ0n) is 20.9. The van der Waals surface area contributed by atoms with Crippen LogP contribution < -0.4 is 4.74 Å². The third-order valence-electron chi connectivity index (χ3n) is 6.80. The van der Waals surface area contributed by atoms with Gasteiger partial charge >= 0.3 is 0 Å². The zero-order chi connectivity index (χ0) is 25.6. The number of hydrogen-bond donors (Lipinski definition) is 1. The van der Waals surface area contributed by atoms with Gasteiger partial charge in [0.2, 0.25) is 5.88 Å². The van der Waals surface area contributed by atoms with Crippen LogP contribution in [-0.2, 0) is 20.4 Å². The summed E-state index contributed by atoms with van der Waals surface area (Å²) < 4.78 is 8.30. The van der Waals surface area contributed by atoms with Crippen LogP contribution in [0.3, 0.4) is 0 Å². The number of para-hydroxylation sites is 1. The molecule has 3 heterocycles. The Labute approximate surface area is 239 Å². The molecule has 0 atom stereocenters. The van der Waals surface area contributed by atoms with E-state index in [0.29, 0.717) is 17.1 Å². The average Bonchev–Trinajstić information content (AvgIpc) is 3.28. The van der Waals surface area contributed by atoms with Crippen molar-refractivity contribution in [2.75, 3.05) is 0 Å². The van der Waals surface area contributed by atoms with Gasteiger partial charge in [0.15, 0.2) is 0 Å². The molecular weight excluding hydrogens is 577 g/mol. The summed E-state index contributed by atoms with van der Waals surface area (Å²) in [5, 5.41) is 14.1. The molecular formula is C33H22N3O2Pd-. The van der Waals surface area contributed by atoms with Crippen LogP contribution in [0.1, 0.15) is 5.56 Å². The Kier molecular flexibility index (Phi) is 6.36. The molecule has 0 amide bonds. The molecule has 0 fully saturated rings. The molecule has 1 N–H and O–H groups in total. The predicted molar refractivity (Wildman–Crippen MR) is 151 cm³/mol. The van der Waals surface area contributed by atoms with Gasteiger partial charge in [-0.2, -0.15) is 6.07 Å². The first-order valence-electron chi connectivity index (χ1n) is 12.4. The van der Waals surface area contributed by atoms with Crippen molar-refractivity contribution in [2.24, 2.45) is 0 Å². The van der Waals surface area contributed by atoms with E-state index in [2.05, 4.69) is 45.7 Å². The number of phenols is 1. The first-order valence-corrected chi connectivity index (χ1v) is 12.4. The summed E-state index contributed by atoms with van der Waals surface area (Å²) in [6.07, 6.45) is 1.82. The first-order chi connectivity index (χ1) is 18.7. The Hall–Kier alpha value is -4.50. The van der Waals surface area contributed by atoms with Crippen LogP contribution in [0.5, 0.6) is 17.4 Å². The van der Waals surface area contributed by atoms with E-state index in [0.717, 1.165) is 49.7 Å². The number of ether oxygens (including phenoxy) is 1. The molecule has 3 aromatic heterocycles. The second-order valence-corrected chi connectivity index (χ2v) is 9.28. The van der Waals surface area contributed by atoms with Gasteiger partial charge in [-0.3, -0.25) is 0 Å². The monoisotopic (exact) mass is 598 g/mol. The number of aromatic nitrogens is 3. The van der Waals surface area contributed by atoms with Crippen LogP contribution >= 0.6 is 0 Å². The molecule has 192 valence electrons. The molecule has 4 aromatic carbocycles. The van der Waals surface area contributed by atoms with E-state index in [-0.39, 0.29) is 26.2 Å². The molecule has 0 aliphatic heterocycles. The molecule has 39 heavy (non-hydrogen) atoms. The Morgan fingerprint density at radius 3 is 2.46 bits per heavy atom. The Bertz CT molecular complexity index is 1980. The maximum atomic E-state index is 11.1. The van der Waals surface area contributed by atoms with Crippen molar-refractivity contribution in [3.8, 4) is 34.3 Å². The molecule has 0 aliphatic rings. The second kappa shape index (κ2) is 10.00. The maximum Gasteiger partial charge on any atom is 0.217 e. The number of aryl methyl sites for hydroxylation is 1. The number of hydrogen-bond acceptors (Lipinski definition) is 4. The van der Waals surface area contributed by atoms with Crippen molar-refractivity contribution in [3.05, 3.63) is 121 Å². The minimum atomic E-state index is 0. The molecule has 0 spiro atoms. The van der Waals surface area contributed by atoms with Gasteiger partial charge in [-0.25, -0.2) is 9.97 Å². The number of phenolic OH excluding ortho intramolecular Hbond substituents is 1. The fourth-order valence-corrected chi connectivity index (χ4v) is 4.99. The van der Waals surface area contributed by atoms with Crippen molar-refractivity contribution < 1.29 is 30.3 Å². The number of benzene rings is 4. The van der Waals surface area contributed by atoms with Crippen LogP contribution in [0.4, 0.5) is 0 Å². The van der Waals surface area contributed by atoms with Gasteiger partial charge in [0, 0.05) is 54.9 Å². The molecule has 7 rings (SSSR count). The standard InChI is InChI=1S/C33H22N3O2.Pd/c1-21-17-18-34-30(19-21)36-28-10-6-5-9-26(28)27-15-13-24(20-29(27)36)38-31-16-12-23-11-14-25(33(37)32(23)35-31)22-7-3-2-4-8-22;/h2-19,37H,1H3;/q-1;. The summed E-state index contributed by atoms with van der Waals surface area (Å²) in [4.78, 5) is 9.29. The molecule has 6 heteroatoms. The molecule has 0 unspecified atom stereocenters. The van der Waals surface area contributed by atoms with Gasteiger partial charge in [-0.05, 0) is 53.8 Å². The van der Waals surface area contributed by atoms with Gasteiger partial charge in [0.1, 0.15) is 17.1 Å². The first kappa shape index (κ1) is 24.8. The maximum absolute atomic E-state index is 11.1. The van der Waals surface area contributed by atoms with Crippen molar-refractivity contribution in [3.63, 3.8) is 0 Å². The minimum Gasteiger partial charge on any atom is -0.505 e. The second-order valence-electron chi connectivity index (χ2n) is 9.28. The summed E-state index contributed by atoms with van der Waals surface area (Å²) in [5.41, 5.74) is 5.20. The van der Waals surface area contributed by atoms with E-state index >= 15 is 0 Å². The number of rotatable bonds is 4. The Balaban J connectivity index is 0.00000277. The predicted octanol–water partition coefficient (Wildman–Crippen LogP) is 8.00. The van der Waals surface area contributed by atoms with Crippen molar-refractivity contribution in [1.29, 1.82) is 0 Å². The number of nitrogens with zero attached hydrogens (tertiary/aromatic N) is 3. The third kappa shape index (κ3) is 4.34. The molecule has 0 bridgehead atoms. The number of pyridine rings is 2. The average molecular weight is 599 g/mol. The van der Waals surface area contributed by atoms with Crippen LogP contribution in [-0.4, -0.2) is 19.6 Å². The summed E-state index contributed by atoms with van der Waals surface area (Å²) in [6, 6.07) is 37.1. The van der Waals surface area contributed by atoms with Gasteiger partial charge in [-0.1, -0.05) is 60.1 Å². The smallest absolute Gasteiger partial charge is 0.217 e. The number of fused-ring (bicyclic) bond motifs is 4.